The van der Waals surface area contributed by atoms with Crippen LogP contribution in [0.1, 0.15) is 62.3 Å². The van der Waals surface area contributed by atoms with Crippen LogP contribution in [-0.2, 0) is 22.6 Å². The van der Waals surface area contributed by atoms with Gasteiger partial charge in [-0.25, -0.2) is 9.78 Å². The van der Waals surface area contributed by atoms with Crippen LogP contribution in [0.25, 0.3) is 6.08 Å². The average molecular weight is 547 g/mol. The lowest BCUT2D eigenvalue weighted by Gasteiger charge is -2.12. The molecule has 0 saturated heterocycles. The molecule has 0 atom stereocenters. The monoisotopic (exact) mass is 546 g/mol. The van der Waals surface area contributed by atoms with Crippen molar-refractivity contribution in [1.82, 2.24) is 4.98 Å². The van der Waals surface area contributed by atoms with Crippen molar-refractivity contribution in [3.05, 3.63) is 83.6 Å². The normalized spacial score (nSPS) is 10.8. The van der Waals surface area contributed by atoms with Gasteiger partial charge >= 0.3 is 5.97 Å². The first-order chi connectivity index (χ1) is 19.4. The Labute approximate surface area is 236 Å². The molecule has 40 heavy (non-hydrogen) atoms. The third-order valence-electron chi connectivity index (χ3n) is 6.15. The summed E-state index contributed by atoms with van der Waals surface area (Å²) >= 11 is 0. The molecule has 2 N–H and O–H groups in total. The summed E-state index contributed by atoms with van der Waals surface area (Å²) in [6.07, 6.45) is 10.2. The number of nitrogens with zero attached hydrogens (tertiary/aromatic N) is 1. The van der Waals surface area contributed by atoms with Gasteiger partial charge in [0, 0.05) is 24.8 Å². The number of aliphatic carboxylic acids is 1. The molecule has 3 aromatic rings. The Bertz CT molecular complexity index is 1260. The van der Waals surface area contributed by atoms with Gasteiger partial charge in [-0.3, -0.25) is 4.79 Å². The Balaban J connectivity index is 1.41. The van der Waals surface area contributed by atoms with Crippen LogP contribution in [-0.4, -0.2) is 35.7 Å². The number of ether oxygens (including phenoxy) is 3. The van der Waals surface area contributed by atoms with E-state index < -0.39 is 5.97 Å². The van der Waals surface area contributed by atoms with Crippen LogP contribution in [0.2, 0.25) is 0 Å². The number of hydrogen-bond donors (Lipinski definition) is 2. The van der Waals surface area contributed by atoms with Gasteiger partial charge in [0.15, 0.2) is 0 Å². The molecule has 0 spiro atoms. The summed E-state index contributed by atoms with van der Waals surface area (Å²) in [6.45, 7) is 2.22. The molecular formula is C32H38N2O6. The summed E-state index contributed by atoms with van der Waals surface area (Å²) in [6, 6.07) is 19.0. The fourth-order valence-corrected chi connectivity index (χ4v) is 4.13. The molecule has 0 aliphatic rings. The van der Waals surface area contributed by atoms with Crippen molar-refractivity contribution in [3.8, 4) is 17.4 Å². The molecule has 2 aromatic carbocycles. The number of anilines is 1. The number of unbranched alkanes of at least 4 members (excludes halogenated alkanes) is 5. The van der Waals surface area contributed by atoms with Crippen molar-refractivity contribution in [1.29, 1.82) is 0 Å². The van der Waals surface area contributed by atoms with Gasteiger partial charge in [0.2, 0.25) is 11.8 Å². The number of aryl methyl sites for hydroxylation is 1. The van der Waals surface area contributed by atoms with E-state index in [0.717, 1.165) is 43.1 Å². The zero-order chi connectivity index (χ0) is 28.6. The Kier molecular flexibility index (Phi) is 12.5. The second-order valence-electron chi connectivity index (χ2n) is 9.44. The van der Waals surface area contributed by atoms with Gasteiger partial charge in [-0.1, -0.05) is 49.9 Å². The zero-order valence-electron chi connectivity index (χ0n) is 23.2. The minimum absolute atomic E-state index is 0.147. The van der Waals surface area contributed by atoms with Crippen molar-refractivity contribution in [2.75, 3.05) is 19.0 Å². The second kappa shape index (κ2) is 16.6. The Morgan fingerprint density at radius 3 is 2.38 bits per heavy atom. The summed E-state index contributed by atoms with van der Waals surface area (Å²) in [5.41, 5.74) is 3.27. The van der Waals surface area contributed by atoms with Gasteiger partial charge < -0.3 is 24.6 Å². The van der Waals surface area contributed by atoms with E-state index in [1.54, 1.807) is 25.3 Å². The maximum absolute atomic E-state index is 11.3. The van der Waals surface area contributed by atoms with Crippen molar-refractivity contribution in [2.45, 2.75) is 58.5 Å². The van der Waals surface area contributed by atoms with E-state index in [0.29, 0.717) is 29.6 Å². The van der Waals surface area contributed by atoms with Crippen LogP contribution in [0.15, 0.2) is 66.7 Å². The van der Waals surface area contributed by atoms with Gasteiger partial charge in [-0.2, -0.15) is 0 Å². The number of rotatable bonds is 17. The Morgan fingerprint density at radius 2 is 1.65 bits per heavy atom. The standard InChI is InChI=1S/C32H38N2O6/c1-24(35)33-27-12-9-11-26(22-27)23-40-31-19-18-30(29(34-31)17-20-32(36)37)39-21-8-6-4-3-5-7-10-25-13-15-28(38-2)16-14-25/h9,11-20,22H,3-8,10,21,23H2,1-2H3,(H,33,35)(H,36,37). The zero-order valence-corrected chi connectivity index (χ0v) is 23.2. The molecule has 0 radical (unpaired) electrons. The molecule has 0 saturated carbocycles. The summed E-state index contributed by atoms with van der Waals surface area (Å²) in [7, 11) is 1.68. The smallest absolute Gasteiger partial charge is 0.328 e. The van der Waals surface area contributed by atoms with E-state index in [4.69, 9.17) is 19.3 Å². The first kappa shape index (κ1) is 30.2. The van der Waals surface area contributed by atoms with Crippen molar-refractivity contribution in [2.24, 2.45) is 0 Å². The van der Waals surface area contributed by atoms with E-state index in [1.165, 1.54) is 37.8 Å². The molecule has 212 valence electrons. The molecule has 0 fully saturated rings. The Morgan fingerprint density at radius 1 is 0.900 bits per heavy atom. The van der Waals surface area contributed by atoms with Crippen LogP contribution in [0.5, 0.6) is 17.4 Å². The van der Waals surface area contributed by atoms with Gasteiger partial charge in [0.25, 0.3) is 0 Å². The van der Waals surface area contributed by atoms with Gasteiger partial charge in [0.05, 0.1) is 13.7 Å². The van der Waals surface area contributed by atoms with Gasteiger partial charge in [-0.15, -0.1) is 0 Å². The summed E-state index contributed by atoms with van der Waals surface area (Å²) < 4.78 is 16.9. The number of carboxylic acid groups (broad SMARTS) is 1. The highest BCUT2D eigenvalue weighted by atomic mass is 16.5. The molecule has 1 aromatic heterocycles. The number of hydrogen-bond acceptors (Lipinski definition) is 6. The van der Waals surface area contributed by atoms with E-state index in [-0.39, 0.29) is 12.5 Å². The fourth-order valence-electron chi connectivity index (χ4n) is 4.13. The maximum atomic E-state index is 11.3. The molecular weight excluding hydrogens is 508 g/mol. The molecule has 8 nitrogen and oxygen atoms in total. The SMILES string of the molecule is COc1ccc(CCCCCCCCOc2ccc(OCc3cccc(NC(C)=O)c3)nc2C=CC(=O)O)cc1. The molecule has 0 bridgehead atoms. The largest absolute Gasteiger partial charge is 0.497 e. The van der Waals surface area contributed by atoms with E-state index in [9.17, 15) is 9.59 Å². The molecule has 0 unspecified atom stereocenters. The van der Waals surface area contributed by atoms with Crippen molar-refractivity contribution in [3.63, 3.8) is 0 Å². The number of carboxylic acids is 1. The number of pyridine rings is 1. The van der Waals surface area contributed by atoms with E-state index in [1.807, 2.05) is 30.3 Å². The number of benzene rings is 2. The van der Waals surface area contributed by atoms with Crippen LogP contribution < -0.4 is 19.5 Å². The molecule has 8 heteroatoms. The number of amides is 1. The fraction of sp³-hybridized carbons (Fsp3) is 0.344. The second-order valence-corrected chi connectivity index (χ2v) is 9.44. The molecule has 0 aliphatic carbocycles. The topological polar surface area (TPSA) is 107 Å². The maximum Gasteiger partial charge on any atom is 0.328 e. The lowest BCUT2D eigenvalue weighted by Crippen LogP contribution is -2.06. The quantitative estimate of drug-likeness (QED) is 0.143. The number of aromatic nitrogens is 1. The van der Waals surface area contributed by atoms with Crippen LogP contribution in [0.4, 0.5) is 5.69 Å². The lowest BCUT2D eigenvalue weighted by molar-refractivity contribution is -0.131. The van der Waals surface area contributed by atoms with Crippen molar-refractivity contribution < 1.29 is 28.9 Å². The molecule has 1 heterocycles. The first-order valence-electron chi connectivity index (χ1n) is 13.6. The van der Waals surface area contributed by atoms with E-state index in [2.05, 4.69) is 22.4 Å². The van der Waals surface area contributed by atoms with Crippen molar-refractivity contribution >= 4 is 23.6 Å². The van der Waals surface area contributed by atoms with Gasteiger partial charge in [-0.05, 0) is 66.8 Å². The minimum Gasteiger partial charge on any atom is -0.497 e. The highest BCUT2D eigenvalue weighted by Crippen LogP contribution is 2.23. The van der Waals surface area contributed by atoms with Crippen LogP contribution in [0, 0.1) is 0 Å². The number of methoxy groups -OCH3 is 1. The molecule has 0 aliphatic heterocycles. The lowest BCUT2D eigenvalue weighted by atomic mass is 10.0. The van der Waals surface area contributed by atoms with Gasteiger partial charge in [0.1, 0.15) is 23.8 Å². The Hall–Kier alpha value is -4.33. The first-order valence-corrected chi connectivity index (χ1v) is 13.6. The third kappa shape index (κ3) is 11.2. The number of carbonyl (C=O) groups excluding carboxylic acids is 1. The predicted molar refractivity (Wildman–Crippen MR) is 156 cm³/mol. The summed E-state index contributed by atoms with van der Waals surface area (Å²) in [5.74, 6) is 0.527. The third-order valence-corrected chi connectivity index (χ3v) is 6.15. The minimum atomic E-state index is -1.07. The average Bonchev–Trinajstić information content (AvgIpc) is 2.94. The van der Waals surface area contributed by atoms with E-state index >= 15 is 0 Å². The number of carbonyl (C=O) groups is 2. The molecule has 1 amide bonds. The highest BCUT2D eigenvalue weighted by Gasteiger charge is 2.08. The predicted octanol–water partition coefficient (Wildman–Crippen LogP) is 6.69. The van der Waals surface area contributed by atoms with Crippen LogP contribution in [0.3, 0.4) is 0 Å². The summed E-state index contributed by atoms with van der Waals surface area (Å²) in [5, 5.41) is 11.8. The highest BCUT2D eigenvalue weighted by molar-refractivity contribution is 5.88. The number of nitrogens with one attached hydrogen (secondary N) is 1. The summed E-state index contributed by atoms with van der Waals surface area (Å²) in [4.78, 5) is 26.8. The molecule has 3 rings (SSSR count). The van der Waals surface area contributed by atoms with Crippen LogP contribution >= 0.6 is 0 Å².